The van der Waals surface area contributed by atoms with E-state index < -0.39 is 0 Å². The van der Waals surface area contributed by atoms with Crippen LogP contribution in [0.2, 0.25) is 0 Å². The Labute approximate surface area is 109 Å². The molecule has 17 heavy (non-hydrogen) atoms. The molecular weight excluding hydrogens is 241 g/mol. The van der Waals surface area contributed by atoms with E-state index in [0.29, 0.717) is 5.75 Å². The van der Waals surface area contributed by atoms with Crippen LogP contribution in [0, 0.1) is 5.82 Å². The van der Waals surface area contributed by atoms with Crippen LogP contribution in [0.4, 0.5) is 4.39 Å². The number of rotatable bonds is 6. The van der Waals surface area contributed by atoms with E-state index in [9.17, 15) is 4.39 Å². The molecule has 98 valence electrons. The topological polar surface area (TPSA) is 35.2 Å². The zero-order chi connectivity index (χ0) is 12.0. The van der Waals surface area contributed by atoms with Crippen molar-refractivity contribution in [1.29, 1.82) is 0 Å². The fourth-order valence-electron chi connectivity index (χ4n) is 1.76. The van der Waals surface area contributed by atoms with E-state index in [1.54, 1.807) is 6.07 Å². The van der Waals surface area contributed by atoms with Crippen LogP contribution < -0.4 is 10.5 Å². The SMILES string of the molecule is CCCCC[C@@H](N)c1ccc(F)cc1OC.Cl. The highest BCUT2D eigenvalue weighted by molar-refractivity contribution is 5.85. The Hall–Kier alpha value is -0.800. The van der Waals surface area contributed by atoms with Gasteiger partial charge in [-0.05, 0) is 12.5 Å². The number of hydrogen-bond donors (Lipinski definition) is 1. The van der Waals surface area contributed by atoms with Crippen molar-refractivity contribution in [2.24, 2.45) is 5.73 Å². The molecule has 1 aromatic rings. The van der Waals surface area contributed by atoms with Crippen molar-refractivity contribution in [3.05, 3.63) is 29.6 Å². The number of halogens is 2. The van der Waals surface area contributed by atoms with Gasteiger partial charge in [-0.3, -0.25) is 0 Å². The summed E-state index contributed by atoms with van der Waals surface area (Å²) in [5.41, 5.74) is 6.95. The van der Waals surface area contributed by atoms with Crippen LogP contribution in [-0.4, -0.2) is 7.11 Å². The highest BCUT2D eigenvalue weighted by Gasteiger charge is 2.12. The molecule has 0 unspecified atom stereocenters. The molecule has 1 atom stereocenters. The van der Waals surface area contributed by atoms with Crippen LogP contribution in [0.5, 0.6) is 5.75 Å². The predicted octanol–water partition coefficient (Wildman–Crippen LogP) is 3.84. The van der Waals surface area contributed by atoms with Crippen LogP contribution in [0.25, 0.3) is 0 Å². The van der Waals surface area contributed by atoms with E-state index in [1.165, 1.54) is 32.1 Å². The number of unbranched alkanes of at least 4 members (excludes halogenated alkanes) is 2. The summed E-state index contributed by atoms with van der Waals surface area (Å²) in [5.74, 6) is 0.255. The molecule has 2 N–H and O–H groups in total. The van der Waals surface area contributed by atoms with Gasteiger partial charge in [0.25, 0.3) is 0 Å². The molecule has 0 aliphatic heterocycles. The second-order valence-corrected chi connectivity index (χ2v) is 3.99. The molecule has 4 heteroatoms. The quantitative estimate of drug-likeness (QED) is 0.790. The molecule has 0 amide bonds. The van der Waals surface area contributed by atoms with Gasteiger partial charge in [0.15, 0.2) is 0 Å². The van der Waals surface area contributed by atoms with Gasteiger partial charge >= 0.3 is 0 Å². The monoisotopic (exact) mass is 261 g/mol. The van der Waals surface area contributed by atoms with Crippen LogP contribution >= 0.6 is 12.4 Å². The van der Waals surface area contributed by atoms with Gasteiger partial charge in [0.1, 0.15) is 11.6 Å². The highest BCUT2D eigenvalue weighted by atomic mass is 35.5. The molecule has 0 aliphatic carbocycles. The van der Waals surface area contributed by atoms with Crippen LogP contribution in [0.15, 0.2) is 18.2 Å². The van der Waals surface area contributed by atoms with Gasteiger partial charge in [-0.1, -0.05) is 32.3 Å². The Morgan fingerprint density at radius 1 is 1.35 bits per heavy atom. The van der Waals surface area contributed by atoms with Crippen LogP contribution in [0.3, 0.4) is 0 Å². The first-order valence-corrected chi connectivity index (χ1v) is 5.78. The van der Waals surface area contributed by atoms with E-state index in [-0.39, 0.29) is 24.3 Å². The van der Waals surface area contributed by atoms with Crippen molar-refractivity contribution >= 4 is 12.4 Å². The van der Waals surface area contributed by atoms with E-state index in [1.807, 2.05) is 0 Å². The van der Waals surface area contributed by atoms with Gasteiger partial charge in [0.2, 0.25) is 0 Å². The second-order valence-electron chi connectivity index (χ2n) is 3.99. The average molecular weight is 262 g/mol. The minimum atomic E-state index is -0.290. The minimum absolute atomic E-state index is 0. The molecule has 1 rings (SSSR count). The standard InChI is InChI=1S/C13H20FNO.ClH/c1-3-4-5-6-12(15)11-8-7-10(14)9-13(11)16-2;/h7-9,12H,3-6,15H2,1-2H3;1H/t12-;/m1./s1. The Balaban J connectivity index is 0.00000256. The molecule has 0 aliphatic rings. The minimum Gasteiger partial charge on any atom is -0.496 e. The summed E-state index contributed by atoms with van der Waals surface area (Å²) in [7, 11) is 1.54. The van der Waals surface area contributed by atoms with Crippen molar-refractivity contribution in [2.45, 2.75) is 38.6 Å². The van der Waals surface area contributed by atoms with Crippen molar-refractivity contribution in [2.75, 3.05) is 7.11 Å². The summed E-state index contributed by atoms with van der Waals surface area (Å²) in [4.78, 5) is 0. The summed E-state index contributed by atoms with van der Waals surface area (Å²) in [6, 6.07) is 4.46. The third-order valence-corrected chi connectivity index (χ3v) is 2.71. The molecule has 0 heterocycles. The summed E-state index contributed by atoms with van der Waals surface area (Å²) in [5, 5.41) is 0. The maximum Gasteiger partial charge on any atom is 0.126 e. The van der Waals surface area contributed by atoms with E-state index >= 15 is 0 Å². The fraction of sp³-hybridized carbons (Fsp3) is 0.538. The second kappa shape index (κ2) is 8.31. The average Bonchev–Trinajstić information content (AvgIpc) is 2.29. The van der Waals surface area contributed by atoms with Gasteiger partial charge in [0, 0.05) is 17.7 Å². The largest absolute Gasteiger partial charge is 0.496 e. The van der Waals surface area contributed by atoms with Gasteiger partial charge in [-0.2, -0.15) is 0 Å². The predicted molar refractivity (Wildman–Crippen MR) is 71.3 cm³/mol. The summed E-state index contributed by atoms with van der Waals surface area (Å²) < 4.78 is 18.1. The molecule has 0 radical (unpaired) electrons. The zero-order valence-electron chi connectivity index (χ0n) is 10.4. The molecule has 2 nitrogen and oxygen atoms in total. The number of benzene rings is 1. The van der Waals surface area contributed by atoms with Crippen molar-refractivity contribution in [3.63, 3.8) is 0 Å². The molecule has 0 fully saturated rings. The molecule has 1 aromatic carbocycles. The Kier molecular flexibility index (Phi) is 7.92. The maximum atomic E-state index is 13.0. The smallest absolute Gasteiger partial charge is 0.126 e. The molecule has 0 bridgehead atoms. The van der Waals surface area contributed by atoms with Gasteiger partial charge in [-0.15, -0.1) is 12.4 Å². The lowest BCUT2D eigenvalue weighted by molar-refractivity contribution is 0.399. The highest BCUT2D eigenvalue weighted by Crippen LogP contribution is 2.27. The lowest BCUT2D eigenvalue weighted by atomic mass is 10.0. The Bertz CT molecular complexity index is 333. The third-order valence-electron chi connectivity index (χ3n) is 2.71. The number of nitrogens with two attached hydrogens (primary N) is 1. The lowest BCUT2D eigenvalue weighted by Gasteiger charge is -2.15. The zero-order valence-corrected chi connectivity index (χ0v) is 11.2. The first-order valence-electron chi connectivity index (χ1n) is 5.78. The van der Waals surface area contributed by atoms with Crippen LogP contribution in [-0.2, 0) is 0 Å². The maximum absolute atomic E-state index is 13.0. The third kappa shape index (κ3) is 4.92. The van der Waals surface area contributed by atoms with Crippen LogP contribution in [0.1, 0.15) is 44.2 Å². The Morgan fingerprint density at radius 2 is 2.06 bits per heavy atom. The van der Waals surface area contributed by atoms with Gasteiger partial charge in [-0.25, -0.2) is 4.39 Å². The normalized spacial score (nSPS) is 11.8. The first-order chi connectivity index (χ1) is 7.69. The van der Waals surface area contributed by atoms with E-state index in [0.717, 1.165) is 18.4 Å². The van der Waals surface area contributed by atoms with Crippen molar-refractivity contribution in [3.8, 4) is 5.75 Å². The lowest BCUT2D eigenvalue weighted by Crippen LogP contribution is -2.11. The molecule has 0 spiro atoms. The fourth-order valence-corrected chi connectivity index (χ4v) is 1.76. The summed E-state index contributed by atoms with van der Waals surface area (Å²) in [6.45, 7) is 2.16. The van der Waals surface area contributed by atoms with E-state index in [2.05, 4.69) is 6.92 Å². The number of ether oxygens (including phenoxy) is 1. The van der Waals surface area contributed by atoms with Gasteiger partial charge in [0.05, 0.1) is 7.11 Å². The molecule has 0 saturated heterocycles. The van der Waals surface area contributed by atoms with Gasteiger partial charge < -0.3 is 10.5 Å². The summed E-state index contributed by atoms with van der Waals surface area (Å²) in [6.07, 6.45) is 4.36. The molecule has 0 aromatic heterocycles. The van der Waals surface area contributed by atoms with Crippen molar-refractivity contribution in [1.82, 2.24) is 0 Å². The molecule has 0 saturated carbocycles. The van der Waals surface area contributed by atoms with Crippen molar-refractivity contribution < 1.29 is 9.13 Å². The summed E-state index contributed by atoms with van der Waals surface area (Å²) >= 11 is 0. The first kappa shape index (κ1) is 16.2. The molecular formula is C13H21ClFNO. The number of methoxy groups -OCH3 is 1. The Morgan fingerprint density at radius 3 is 2.65 bits per heavy atom. The number of hydrogen-bond acceptors (Lipinski definition) is 2. The van der Waals surface area contributed by atoms with E-state index in [4.69, 9.17) is 10.5 Å².